The van der Waals surface area contributed by atoms with Gasteiger partial charge in [-0.25, -0.2) is 9.97 Å². The zero-order valence-corrected chi connectivity index (χ0v) is 21.2. The Morgan fingerprint density at radius 2 is 1.78 bits per heavy atom. The Morgan fingerprint density at radius 3 is 2.57 bits per heavy atom. The number of carboxylic acids is 1. The van der Waals surface area contributed by atoms with Crippen molar-refractivity contribution >= 4 is 34.5 Å². The number of nitrogens with zero attached hydrogens (tertiary/aromatic N) is 3. The number of rotatable bonds is 8. The topological polar surface area (TPSA) is 83.4 Å². The number of carbonyl (C=O) groups is 2. The Hall–Kier alpha value is -3.77. The molecule has 0 aliphatic carbocycles. The van der Waals surface area contributed by atoms with Gasteiger partial charge in [0.2, 0.25) is 0 Å². The molecule has 1 amide bonds. The summed E-state index contributed by atoms with van der Waals surface area (Å²) in [5.74, 6) is -0.452. The summed E-state index contributed by atoms with van der Waals surface area (Å²) < 4.78 is 0. The van der Waals surface area contributed by atoms with Gasteiger partial charge >= 0.3 is 5.97 Å². The van der Waals surface area contributed by atoms with Gasteiger partial charge in [-0.15, -0.1) is 0 Å². The molecule has 0 radical (unpaired) electrons. The van der Waals surface area contributed by atoms with Crippen LogP contribution in [0, 0.1) is 0 Å². The molecule has 1 fully saturated rings. The number of unbranched alkanes of at least 4 members (excludes halogenated alkanes) is 1. The second-order valence-corrected chi connectivity index (χ2v) is 9.92. The Bertz CT molecular complexity index is 1440. The molecule has 1 atom stereocenters. The van der Waals surface area contributed by atoms with Crippen LogP contribution in [0.2, 0.25) is 5.02 Å². The summed E-state index contributed by atoms with van der Waals surface area (Å²) in [7, 11) is 0. The van der Waals surface area contributed by atoms with E-state index >= 15 is 0 Å². The number of halogens is 1. The molecule has 7 heteroatoms. The summed E-state index contributed by atoms with van der Waals surface area (Å²) in [6.45, 7) is 1.43. The first-order valence-corrected chi connectivity index (χ1v) is 13.0. The highest BCUT2D eigenvalue weighted by atomic mass is 35.5. The van der Waals surface area contributed by atoms with E-state index in [1.54, 1.807) is 0 Å². The van der Waals surface area contributed by atoms with Crippen LogP contribution in [0.15, 0.2) is 72.8 Å². The number of hydrogen-bond acceptors (Lipinski definition) is 4. The van der Waals surface area contributed by atoms with Crippen LogP contribution in [0.5, 0.6) is 0 Å². The number of aliphatic carboxylic acids is 1. The number of fused-ring (bicyclic) bond motifs is 1. The van der Waals surface area contributed by atoms with Crippen molar-refractivity contribution in [3.63, 3.8) is 0 Å². The van der Waals surface area contributed by atoms with Crippen molar-refractivity contribution in [3.05, 3.63) is 94.6 Å². The molecular formula is C30H28ClN3O3. The smallest absolute Gasteiger partial charge is 0.303 e. The molecule has 0 spiro atoms. The first kappa shape index (κ1) is 24.9. The van der Waals surface area contributed by atoms with E-state index in [0.29, 0.717) is 53.3 Å². The summed E-state index contributed by atoms with van der Waals surface area (Å²) in [5, 5.41) is 9.60. The van der Waals surface area contributed by atoms with Crippen LogP contribution in [-0.4, -0.2) is 44.9 Å². The average molecular weight is 514 g/mol. The lowest BCUT2D eigenvalue weighted by Crippen LogP contribution is -2.28. The van der Waals surface area contributed by atoms with E-state index in [4.69, 9.17) is 26.7 Å². The average Bonchev–Trinajstić information content (AvgIpc) is 3.41. The second kappa shape index (κ2) is 11.1. The fraction of sp³-hybridized carbons (Fsp3) is 0.267. The van der Waals surface area contributed by atoms with Crippen LogP contribution >= 0.6 is 11.6 Å². The lowest BCUT2D eigenvalue weighted by Gasteiger charge is -2.17. The van der Waals surface area contributed by atoms with Crippen LogP contribution in [0.3, 0.4) is 0 Å². The highest BCUT2D eigenvalue weighted by Crippen LogP contribution is 2.30. The van der Waals surface area contributed by atoms with Crippen molar-refractivity contribution in [1.82, 2.24) is 14.9 Å². The number of amides is 1. The van der Waals surface area contributed by atoms with Crippen molar-refractivity contribution in [2.24, 2.45) is 0 Å². The molecule has 188 valence electrons. The number of carbonyl (C=O) groups excluding carboxylic acids is 1. The van der Waals surface area contributed by atoms with E-state index in [1.807, 2.05) is 65.6 Å². The SMILES string of the molecule is O=C(O)CCCCc1nc2cc(C(=O)N3CCC(c4ccccc4)C3)ccc2nc1-c1cccc(Cl)c1. The van der Waals surface area contributed by atoms with Gasteiger partial charge in [0.15, 0.2) is 0 Å². The molecule has 3 aromatic carbocycles. The Labute approximate surface area is 220 Å². The molecule has 1 saturated heterocycles. The van der Waals surface area contributed by atoms with Gasteiger partial charge in [-0.3, -0.25) is 9.59 Å². The third kappa shape index (κ3) is 5.81. The normalized spacial score (nSPS) is 15.3. The predicted octanol–water partition coefficient (Wildman–Crippen LogP) is 6.38. The summed E-state index contributed by atoms with van der Waals surface area (Å²) in [5.41, 5.74) is 5.59. The van der Waals surface area contributed by atoms with Gasteiger partial charge < -0.3 is 10.0 Å². The van der Waals surface area contributed by atoms with Gasteiger partial charge in [0.05, 0.1) is 22.4 Å². The number of aromatic nitrogens is 2. The van der Waals surface area contributed by atoms with Gasteiger partial charge in [0.25, 0.3) is 5.91 Å². The van der Waals surface area contributed by atoms with Crippen LogP contribution in [-0.2, 0) is 11.2 Å². The van der Waals surface area contributed by atoms with E-state index in [9.17, 15) is 9.59 Å². The molecule has 2 heterocycles. The quantitative estimate of drug-likeness (QED) is 0.276. The van der Waals surface area contributed by atoms with Crippen molar-refractivity contribution in [2.75, 3.05) is 13.1 Å². The van der Waals surface area contributed by atoms with E-state index < -0.39 is 5.97 Å². The largest absolute Gasteiger partial charge is 0.481 e. The number of aryl methyl sites for hydroxylation is 1. The second-order valence-electron chi connectivity index (χ2n) is 9.48. The molecule has 0 saturated carbocycles. The summed E-state index contributed by atoms with van der Waals surface area (Å²) >= 11 is 6.24. The standard InChI is InChI=1S/C30H28ClN3O3/c31-24-10-6-9-21(17-24)29-26(11-4-5-12-28(35)36)32-27-18-22(13-14-25(27)33-29)30(37)34-16-15-23(19-34)20-7-2-1-3-8-20/h1-3,6-10,13-14,17-18,23H,4-5,11-12,15-16,19H2,(H,35,36). The van der Waals surface area contributed by atoms with Crippen LogP contribution in [0.1, 0.15) is 53.2 Å². The van der Waals surface area contributed by atoms with E-state index in [2.05, 4.69) is 12.1 Å². The van der Waals surface area contributed by atoms with Crippen LogP contribution < -0.4 is 0 Å². The molecule has 4 aromatic rings. The van der Waals surface area contributed by atoms with E-state index in [0.717, 1.165) is 29.9 Å². The van der Waals surface area contributed by atoms with Crippen molar-refractivity contribution in [1.29, 1.82) is 0 Å². The minimum Gasteiger partial charge on any atom is -0.481 e. The highest BCUT2D eigenvalue weighted by Gasteiger charge is 2.28. The maximum Gasteiger partial charge on any atom is 0.303 e. The molecule has 1 N–H and O–H groups in total. The zero-order valence-electron chi connectivity index (χ0n) is 20.4. The zero-order chi connectivity index (χ0) is 25.8. The third-order valence-electron chi connectivity index (χ3n) is 6.88. The van der Waals surface area contributed by atoms with Gasteiger partial charge in [0, 0.05) is 41.6 Å². The molecule has 6 nitrogen and oxygen atoms in total. The highest BCUT2D eigenvalue weighted by molar-refractivity contribution is 6.30. The lowest BCUT2D eigenvalue weighted by atomic mass is 9.99. The fourth-order valence-electron chi connectivity index (χ4n) is 4.96. The number of carboxylic acid groups (broad SMARTS) is 1. The minimum absolute atomic E-state index is 0.00376. The summed E-state index contributed by atoms with van der Waals surface area (Å²) in [6, 6.07) is 23.3. The fourth-order valence-corrected chi connectivity index (χ4v) is 5.15. The first-order chi connectivity index (χ1) is 18.0. The predicted molar refractivity (Wildman–Crippen MR) is 145 cm³/mol. The molecule has 5 rings (SSSR count). The Kier molecular flexibility index (Phi) is 7.47. The maximum absolute atomic E-state index is 13.4. The third-order valence-corrected chi connectivity index (χ3v) is 7.12. The van der Waals surface area contributed by atoms with Gasteiger partial charge in [-0.1, -0.05) is 54.1 Å². The van der Waals surface area contributed by atoms with Crippen molar-refractivity contribution < 1.29 is 14.7 Å². The molecule has 37 heavy (non-hydrogen) atoms. The van der Waals surface area contributed by atoms with Crippen molar-refractivity contribution in [2.45, 2.75) is 38.0 Å². The van der Waals surface area contributed by atoms with Gasteiger partial charge in [-0.2, -0.15) is 0 Å². The molecule has 1 unspecified atom stereocenters. The van der Waals surface area contributed by atoms with Crippen molar-refractivity contribution in [3.8, 4) is 11.3 Å². The number of benzene rings is 3. The van der Waals surface area contributed by atoms with Crippen LogP contribution in [0.25, 0.3) is 22.3 Å². The summed E-state index contributed by atoms with van der Waals surface area (Å²) in [6.07, 6.45) is 2.88. The molecule has 1 aliphatic rings. The van der Waals surface area contributed by atoms with E-state index in [-0.39, 0.29) is 12.3 Å². The monoisotopic (exact) mass is 513 g/mol. The minimum atomic E-state index is -0.806. The maximum atomic E-state index is 13.4. The molecular weight excluding hydrogens is 486 g/mol. The lowest BCUT2D eigenvalue weighted by molar-refractivity contribution is -0.137. The Morgan fingerprint density at radius 1 is 0.946 bits per heavy atom. The van der Waals surface area contributed by atoms with Gasteiger partial charge in [0.1, 0.15) is 0 Å². The molecule has 1 aromatic heterocycles. The number of hydrogen-bond donors (Lipinski definition) is 1. The molecule has 0 bridgehead atoms. The molecule has 1 aliphatic heterocycles. The van der Waals surface area contributed by atoms with Crippen LogP contribution in [0.4, 0.5) is 0 Å². The van der Waals surface area contributed by atoms with Gasteiger partial charge in [-0.05, 0) is 61.6 Å². The number of likely N-dealkylation sites (tertiary alicyclic amines) is 1. The Balaban J connectivity index is 1.42. The first-order valence-electron chi connectivity index (χ1n) is 12.6. The summed E-state index contributed by atoms with van der Waals surface area (Å²) in [4.78, 5) is 36.0. The van der Waals surface area contributed by atoms with E-state index in [1.165, 1.54) is 5.56 Å².